The van der Waals surface area contributed by atoms with Crippen LogP contribution in [0.4, 0.5) is 4.79 Å². The van der Waals surface area contributed by atoms with E-state index in [-0.39, 0.29) is 26.2 Å². The third-order valence-electron chi connectivity index (χ3n) is 6.98. The van der Waals surface area contributed by atoms with Gasteiger partial charge >= 0.3 is 12.1 Å². The van der Waals surface area contributed by atoms with Crippen molar-refractivity contribution in [2.24, 2.45) is 5.41 Å². The SMILES string of the molecule is COC(=O)[C@@H]1C[C@@H](O)CN1C(=O)[C@@H](NC(=O)OCC=CCOc1ccc2c(c1)C(=N)c1ccccc1-2)C(C)(C)C. The molecule has 2 aromatic rings. The Morgan fingerprint density at radius 2 is 1.75 bits per heavy atom. The standard InChI is InChI=1S/C30H35N3O7/c1-30(2,3)26(27(35)33-17-18(34)15-24(33)28(36)38-4)32-29(37)40-14-8-7-13-39-19-11-12-21-20-9-5-6-10-22(20)25(31)23(21)16-19/h5-12,16,18,24,26,31,34H,13-15,17H2,1-4H3,(H,32,37)/t18-,24+,26-/m1/s1. The molecule has 1 heterocycles. The van der Waals surface area contributed by atoms with Gasteiger partial charge in [-0.2, -0.15) is 0 Å². The van der Waals surface area contributed by atoms with Crippen molar-refractivity contribution in [2.45, 2.75) is 45.4 Å². The molecule has 0 radical (unpaired) electrons. The van der Waals surface area contributed by atoms with Crippen LogP contribution in [-0.2, 0) is 19.1 Å². The molecule has 10 nitrogen and oxygen atoms in total. The van der Waals surface area contributed by atoms with Crippen LogP contribution in [0.15, 0.2) is 54.6 Å². The maximum absolute atomic E-state index is 13.3. The van der Waals surface area contributed by atoms with E-state index in [1.54, 1.807) is 32.9 Å². The fourth-order valence-corrected chi connectivity index (χ4v) is 4.93. The van der Waals surface area contributed by atoms with Crippen molar-refractivity contribution in [1.29, 1.82) is 5.41 Å². The van der Waals surface area contributed by atoms with Gasteiger partial charge in [0.25, 0.3) is 0 Å². The van der Waals surface area contributed by atoms with Crippen molar-refractivity contribution in [3.05, 3.63) is 65.7 Å². The number of alkyl carbamates (subject to hydrolysis) is 1. The van der Waals surface area contributed by atoms with Crippen LogP contribution in [0.3, 0.4) is 0 Å². The number of carbonyl (C=O) groups is 3. The molecule has 10 heteroatoms. The number of esters is 1. The van der Waals surface area contributed by atoms with E-state index < -0.39 is 41.6 Å². The highest BCUT2D eigenvalue weighted by molar-refractivity contribution is 6.23. The first-order valence-electron chi connectivity index (χ1n) is 13.1. The van der Waals surface area contributed by atoms with Gasteiger partial charge in [0.05, 0.1) is 18.9 Å². The third kappa shape index (κ3) is 6.17. The summed E-state index contributed by atoms with van der Waals surface area (Å²) in [6.07, 6.45) is 1.77. The topological polar surface area (TPSA) is 138 Å². The lowest BCUT2D eigenvalue weighted by Crippen LogP contribution is -2.57. The van der Waals surface area contributed by atoms with Crippen LogP contribution in [0.5, 0.6) is 5.75 Å². The minimum atomic E-state index is -0.991. The van der Waals surface area contributed by atoms with Crippen molar-refractivity contribution in [2.75, 3.05) is 26.9 Å². The zero-order valence-corrected chi connectivity index (χ0v) is 23.1. The lowest BCUT2D eigenvalue weighted by Gasteiger charge is -2.34. The third-order valence-corrected chi connectivity index (χ3v) is 6.98. The molecule has 0 aromatic heterocycles. The van der Waals surface area contributed by atoms with E-state index in [9.17, 15) is 19.5 Å². The molecule has 0 bridgehead atoms. The van der Waals surface area contributed by atoms with Crippen LogP contribution < -0.4 is 10.1 Å². The second kappa shape index (κ2) is 11.9. The summed E-state index contributed by atoms with van der Waals surface area (Å²) in [5, 5.41) is 21.1. The summed E-state index contributed by atoms with van der Waals surface area (Å²) < 4.78 is 15.8. The number of amides is 2. The monoisotopic (exact) mass is 549 g/mol. The molecule has 1 fully saturated rings. The Balaban J connectivity index is 1.27. The molecule has 2 aromatic carbocycles. The molecule has 3 atom stereocenters. The highest BCUT2D eigenvalue weighted by Gasteiger charge is 2.45. The van der Waals surface area contributed by atoms with Crippen LogP contribution in [0.25, 0.3) is 11.1 Å². The number of hydrogen-bond acceptors (Lipinski definition) is 8. The lowest BCUT2D eigenvalue weighted by atomic mass is 9.85. The van der Waals surface area contributed by atoms with Gasteiger partial charge in [-0.05, 0) is 46.9 Å². The lowest BCUT2D eigenvalue weighted by molar-refractivity contribution is -0.152. The van der Waals surface area contributed by atoms with E-state index in [1.807, 2.05) is 42.5 Å². The molecule has 1 saturated heterocycles. The Bertz CT molecular complexity index is 1330. The molecule has 3 N–H and O–H groups in total. The fraction of sp³-hybridized carbons (Fsp3) is 0.400. The number of carbonyl (C=O) groups excluding carboxylic acids is 3. The Hall–Kier alpha value is -4.18. The summed E-state index contributed by atoms with van der Waals surface area (Å²) in [5.74, 6) is -0.481. The quantitative estimate of drug-likeness (QED) is 0.290. The van der Waals surface area contributed by atoms with Gasteiger partial charge in [-0.15, -0.1) is 0 Å². The van der Waals surface area contributed by atoms with E-state index in [4.69, 9.17) is 19.6 Å². The molecule has 0 spiro atoms. The van der Waals surface area contributed by atoms with Crippen molar-refractivity contribution >= 4 is 23.7 Å². The van der Waals surface area contributed by atoms with Gasteiger partial charge in [0, 0.05) is 24.1 Å². The van der Waals surface area contributed by atoms with Crippen LogP contribution >= 0.6 is 0 Å². The predicted octanol–water partition coefficient (Wildman–Crippen LogP) is 3.29. The van der Waals surface area contributed by atoms with E-state index >= 15 is 0 Å². The first kappa shape index (κ1) is 28.8. The first-order chi connectivity index (χ1) is 19.0. The van der Waals surface area contributed by atoms with E-state index in [1.165, 1.54) is 12.0 Å². The summed E-state index contributed by atoms with van der Waals surface area (Å²) in [4.78, 5) is 39.2. The van der Waals surface area contributed by atoms with Crippen LogP contribution in [0, 0.1) is 10.8 Å². The van der Waals surface area contributed by atoms with Gasteiger partial charge in [-0.25, -0.2) is 9.59 Å². The summed E-state index contributed by atoms with van der Waals surface area (Å²) in [5.41, 5.74) is 3.56. The summed E-state index contributed by atoms with van der Waals surface area (Å²) in [6, 6.07) is 11.6. The van der Waals surface area contributed by atoms with Gasteiger partial charge in [0.1, 0.15) is 31.0 Å². The number of nitrogens with one attached hydrogen (secondary N) is 2. The maximum atomic E-state index is 13.3. The molecular weight excluding hydrogens is 514 g/mol. The van der Waals surface area contributed by atoms with Crippen molar-refractivity contribution in [3.8, 4) is 16.9 Å². The van der Waals surface area contributed by atoms with Gasteiger partial charge < -0.3 is 29.5 Å². The molecule has 0 saturated carbocycles. The molecule has 2 amide bonds. The second-order valence-corrected chi connectivity index (χ2v) is 10.9. The van der Waals surface area contributed by atoms with E-state index in [2.05, 4.69) is 5.32 Å². The minimum absolute atomic E-state index is 0.0249. The smallest absolute Gasteiger partial charge is 0.408 e. The average Bonchev–Trinajstić information content (AvgIpc) is 3.45. The van der Waals surface area contributed by atoms with Crippen molar-refractivity contribution in [3.63, 3.8) is 0 Å². The Morgan fingerprint density at radius 1 is 1.07 bits per heavy atom. The second-order valence-electron chi connectivity index (χ2n) is 10.9. The largest absolute Gasteiger partial charge is 0.490 e. The molecular formula is C30H35N3O7. The minimum Gasteiger partial charge on any atom is -0.490 e. The highest BCUT2D eigenvalue weighted by Crippen LogP contribution is 2.38. The summed E-state index contributed by atoms with van der Waals surface area (Å²) >= 11 is 0. The molecule has 0 unspecified atom stereocenters. The molecule has 1 aliphatic heterocycles. The fourth-order valence-electron chi connectivity index (χ4n) is 4.93. The molecule has 1 aliphatic carbocycles. The number of hydrogen-bond donors (Lipinski definition) is 3. The van der Waals surface area contributed by atoms with E-state index in [0.29, 0.717) is 11.5 Å². The number of rotatable bonds is 8. The number of aliphatic hydroxyl groups is 1. The molecule has 4 rings (SSSR count). The normalized spacial score (nSPS) is 18.7. The van der Waals surface area contributed by atoms with Gasteiger partial charge in [0.2, 0.25) is 5.91 Å². The number of nitrogens with zero attached hydrogens (tertiary/aromatic N) is 1. The van der Waals surface area contributed by atoms with Crippen LogP contribution in [-0.4, -0.2) is 78.7 Å². The number of fused-ring (bicyclic) bond motifs is 3. The van der Waals surface area contributed by atoms with Gasteiger partial charge in [-0.1, -0.05) is 45.0 Å². The number of β-amino-alcohol motifs (C(OH)–C–C–N with tert-alkyl or cyclic N) is 1. The van der Waals surface area contributed by atoms with Gasteiger partial charge in [-0.3, -0.25) is 10.2 Å². The molecule has 212 valence electrons. The van der Waals surface area contributed by atoms with Crippen LogP contribution in [0.1, 0.15) is 38.3 Å². The van der Waals surface area contributed by atoms with E-state index in [0.717, 1.165) is 22.3 Å². The molecule has 40 heavy (non-hydrogen) atoms. The zero-order valence-electron chi connectivity index (χ0n) is 23.1. The number of likely N-dealkylation sites (tertiary alicyclic amines) is 1. The Kier molecular flexibility index (Phi) is 8.58. The number of ether oxygens (including phenoxy) is 3. The number of aliphatic hydroxyl groups excluding tert-OH is 1. The molecule has 2 aliphatic rings. The first-order valence-corrected chi connectivity index (χ1v) is 13.1. The number of benzene rings is 2. The maximum Gasteiger partial charge on any atom is 0.408 e. The Labute approximate surface area is 233 Å². The average molecular weight is 550 g/mol. The van der Waals surface area contributed by atoms with Crippen molar-refractivity contribution < 1.29 is 33.7 Å². The highest BCUT2D eigenvalue weighted by atomic mass is 16.5. The van der Waals surface area contributed by atoms with Crippen LogP contribution in [0.2, 0.25) is 0 Å². The summed E-state index contributed by atoms with van der Waals surface area (Å²) in [7, 11) is 1.22. The van der Waals surface area contributed by atoms with Gasteiger partial charge in [0.15, 0.2) is 0 Å². The van der Waals surface area contributed by atoms with Crippen molar-refractivity contribution in [1.82, 2.24) is 10.2 Å². The Morgan fingerprint density at radius 3 is 2.45 bits per heavy atom. The summed E-state index contributed by atoms with van der Waals surface area (Å²) in [6.45, 7) is 5.52. The zero-order chi connectivity index (χ0) is 29.0. The number of methoxy groups -OCH3 is 1. The predicted molar refractivity (Wildman–Crippen MR) is 148 cm³/mol.